The Morgan fingerprint density at radius 2 is 1.31 bits per heavy atom. The average Bonchev–Trinajstić information content (AvgIpc) is 3.64. The number of aliphatic hydroxyl groups excluding tert-OH is 10. The molecule has 3 aliphatic heterocycles. The number of carbonyl (C=O) groups is 1. The highest BCUT2D eigenvalue weighted by Crippen LogP contribution is 2.75. The normalized spacial score (nSPS) is 50.6. The van der Waals surface area contributed by atoms with Crippen LogP contribution in [0, 0.1) is 45.3 Å². The summed E-state index contributed by atoms with van der Waals surface area (Å²) in [5, 5.41) is 117. The molecule has 65 heavy (non-hydrogen) atoms. The number of aliphatic hydroxyl groups is 11. The second-order valence-corrected chi connectivity index (χ2v) is 22.0. The molecule has 11 N–H and O–H groups in total. The Hall–Kier alpha value is -1.27. The number of allylic oxidation sites excluding steroid dienone is 2. The summed E-state index contributed by atoms with van der Waals surface area (Å²) in [6.45, 7) is 11.1. The van der Waals surface area contributed by atoms with E-state index in [2.05, 4.69) is 33.8 Å². The monoisotopic (exact) mass is 931 g/mol. The van der Waals surface area contributed by atoms with Crippen LogP contribution in [0.3, 0.4) is 0 Å². The maximum absolute atomic E-state index is 13.9. The first-order valence-corrected chi connectivity index (χ1v) is 23.9. The predicted octanol–water partition coefficient (Wildman–Crippen LogP) is -0.207. The number of hydrogen-bond acceptors (Lipinski definition) is 18. The van der Waals surface area contributed by atoms with Gasteiger partial charge in [-0.05, 0) is 118 Å². The number of aldehydes is 1. The second-order valence-electron chi connectivity index (χ2n) is 22.0. The van der Waals surface area contributed by atoms with Gasteiger partial charge in [-0.25, -0.2) is 0 Å². The minimum absolute atomic E-state index is 0.0146. The van der Waals surface area contributed by atoms with Gasteiger partial charge in [0.2, 0.25) is 0 Å². The third-order valence-electron chi connectivity index (χ3n) is 18.2. The highest BCUT2D eigenvalue weighted by Gasteiger charge is 2.71. The molecule has 0 unspecified atom stereocenters. The first-order valence-electron chi connectivity index (χ1n) is 23.9. The van der Waals surface area contributed by atoms with Crippen LogP contribution in [0.2, 0.25) is 0 Å². The topological polar surface area (TPSA) is 295 Å². The molecular weight excluding hydrogens is 852 g/mol. The molecule has 0 aromatic heterocycles. The molecule has 7 aliphatic rings. The fourth-order valence-electron chi connectivity index (χ4n) is 14.3. The molecule has 3 saturated heterocycles. The largest absolute Gasteiger partial charge is 0.394 e. The zero-order valence-electron chi connectivity index (χ0n) is 38.8. The Balaban J connectivity index is 1.10. The SMILES string of the molecule is CC(C)=CCC[C@@](O)(CO[C@@H]1O[C@H](CO)[C@@H](O)[C@H](O)[C@H]1O)[C@H]1CC[C@]2(C)[C@@H]1CC[C@@H]1[C@@]3(C=O)CC[C@H](O[C@@H]4OC[C@H](O)[C@@H](O)[C@H]4O[C@@H]4O[C@H](CO)[C@@H](O)[C@H](O)[C@H]4O)C(C)(C)[C@@H]3CC[C@]12C. The number of carbonyl (C=O) groups excluding carboxylic acids is 1. The highest BCUT2D eigenvalue weighted by molar-refractivity contribution is 5.62. The quantitative estimate of drug-likeness (QED) is 0.0611. The van der Waals surface area contributed by atoms with Gasteiger partial charge in [0.1, 0.15) is 73.4 Å². The zero-order valence-corrected chi connectivity index (χ0v) is 38.8. The van der Waals surface area contributed by atoms with Crippen LogP contribution in [0.1, 0.15) is 106 Å². The summed E-state index contributed by atoms with van der Waals surface area (Å²) in [5.74, 6) is -0.231. The van der Waals surface area contributed by atoms with E-state index in [1.54, 1.807) is 0 Å². The number of rotatable bonds is 14. The molecule has 18 heteroatoms. The molecule has 0 spiro atoms. The lowest BCUT2D eigenvalue weighted by Crippen LogP contribution is -2.67. The van der Waals surface area contributed by atoms with Gasteiger partial charge in [-0.1, -0.05) is 39.3 Å². The van der Waals surface area contributed by atoms with Crippen molar-refractivity contribution >= 4 is 6.29 Å². The van der Waals surface area contributed by atoms with Gasteiger partial charge in [0.05, 0.1) is 38.1 Å². The van der Waals surface area contributed by atoms with Crippen molar-refractivity contribution in [3.63, 3.8) is 0 Å². The molecule has 0 amide bonds. The Bertz CT molecular complexity index is 1660. The molecule has 7 rings (SSSR count). The Morgan fingerprint density at radius 3 is 1.92 bits per heavy atom. The average molecular weight is 931 g/mol. The summed E-state index contributed by atoms with van der Waals surface area (Å²) in [4.78, 5) is 13.9. The summed E-state index contributed by atoms with van der Waals surface area (Å²) in [6, 6.07) is 0. The van der Waals surface area contributed by atoms with Crippen LogP contribution >= 0.6 is 0 Å². The van der Waals surface area contributed by atoms with Crippen molar-refractivity contribution in [3.8, 4) is 0 Å². The maximum Gasteiger partial charge on any atom is 0.187 e. The van der Waals surface area contributed by atoms with E-state index in [-0.39, 0.29) is 47.7 Å². The van der Waals surface area contributed by atoms with Gasteiger partial charge in [-0.2, -0.15) is 0 Å². The van der Waals surface area contributed by atoms with Crippen LogP contribution in [-0.4, -0.2) is 187 Å². The summed E-state index contributed by atoms with van der Waals surface area (Å²) in [5.41, 5.74) is -2.13. The third-order valence-corrected chi connectivity index (χ3v) is 18.2. The minimum Gasteiger partial charge on any atom is -0.394 e. The van der Waals surface area contributed by atoms with E-state index in [9.17, 15) is 61.0 Å². The Kier molecular flexibility index (Phi) is 15.5. The van der Waals surface area contributed by atoms with Crippen molar-refractivity contribution in [2.24, 2.45) is 45.3 Å². The molecule has 23 atom stereocenters. The van der Waals surface area contributed by atoms with E-state index in [4.69, 9.17) is 28.4 Å². The van der Waals surface area contributed by atoms with Gasteiger partial charge in [-0.15, -0.1) is 0 Å². The molecule has 18 nitrogen and oxygen atoms in total. The van der Waals surface area contributed by atoms with E-state index >= 15 is 0 Å². The fourth-order valence-corrected chi connectivity index (χ4v) is 14.3. The molecule has 0 aromatic rings. The molecule has 374 valence electrons. The van der Waals surface area contributed by atoms with E-state index in [0.29, 0.717) is 38.5 Å². The molecular formula is C47H78O18. The number of ether oxygens (including phenoxy) is 6. The highest BCUT2D eigenvalue weighted by atomic mass is 16.8. The van der Waals surface area contributed by atoms with Gasteiger partial charge >= 0.3 is 0 Å². The van der Waals surface area contributed by atoms with Crippen molar-refractivity contribution in [2.75, 3.05) is 26.4 Å². The second kappa shape index (κ2) is 19.5. The standard InChI is InChI=1S/C47H78O18/c1-23(2)8-7-14-47(59,22-61-40-37(57)35(55)33(53)27(18-48)62-40)25-11-15-44(5)24(25)9-10-30-45(44,6)16-12-29-43(3,4)31(13-17-46(29,30)21-50)64-42-39(32(52)26(51)20-60-42)65-41-38(58)36(56)34(54)28(19-49)63-41/h8,21,24-42,48-49,51-59H,7,9-20,22H2,1-6H3/t24-,25+,26+,27-,28-,29+,30+,31+,32-,33-,34-,35+,36+,37-,38-,39-,40-,41+,42+,44-,45-,46-,47-/m1/s1. The summed E-state index contributed by atoms with van der Waals surface area (Å²) < 4.78 is 36.0. The van der Waals surface area contributed by atoms with Crippen LogP contribution in [0.4, 0.5) is 0 Å². The summed E-state index contributed by atoms with van der Waals surface area (Å²) in [7, 11) is 0. The summed E-state index contributed by atoms with van der Waals surface area (Å²) >= 11 is 0. The summed E-state index contributed by atoms with van der Waals surface area (Å²) in [6.07, 6.45) is -11.6. The van der Waals surface area contributed by atoms with E-state index in [1.807, 2.05) is 13.8 Å². The van der Waals surface area contributed by atoms with Crippen LogP contribution in [-0.2, 0) is 33.2 Å². The van der Waals surface area contributed by atoms with Crippen LogP contribution in [0.15, 0.2) is 11.6 Å². The van der Waals surface area contributed by atoms with Crippen molar-refractivity contribution in [2.45, 2.75) is 203 Å². The van der Waals surface area contributed by atoms with Gasteiger partial charge < -0.3 is 89.4 Å². The van der Waals surface area contributed by atoms with Crippen LogP contribution in [0.5, 0.6) is 0 Å². The van der Waals surface area contributed by atoms with E-state index in [1.165, 1.54) is 6.29 Å². The lowest BCUT2D eigenvalue weighted by molar-refractivity contribution is -0.367. The molecule has 4 saturated carbocycles. The molecule has 3 heterocycles. The van der Waals surface area contributed by atoms with Crippen molar-refractivity contribution in [1.29, 1.82) is 0 Å². The maximum atomic E-state index is 13.9. The molecule has 0 radical (unpaired) electrons. The van der Waals surface area contributed by atoms with Crippen LogP contribution in [0.25, 0.3) is 0 Å². The van der Waals surface area contributed by atoms with Crippen molar-refractivity contribution < 1.29 is 89.4 Å². The smallest absolute Gasteiger partial charge is 0.187 e. The van der Waals surface area contributed by atoms with Gasteiger partial charge in [0.25, 0.3) is 0 Å². The predicted molar refractivity (Wildman–Crippen MR) is 228 cm³/mol. The third kappa shape index (κ3) is 8.85. The first kappa shape index (κ1) is 51.6. The van der Waals surface area contributed by atoms with Gasteiger partial charge in [0, 0.05) is 5.41 Å². The van der Waals surface area contributed by atoms with Gasteiger partial charge in [0.15, 0.2) is 18.9 Å². The minimum atomic E-state index is -1.76. The van der Waals surface area contributed by atoms with E-state index in [0.717, 1.165) is 31.3 Å². The number of fused-ring (bicyclic) bond motifs is 5. The first-order chi connectivity index (χ1) is 30.5. The Labute approximate surface area is 381 Å². The molecule has 0 aromatic carbocycles. The molecule has 7 fully saturated rings. The fraction of sp³-hybridized carbons (Fsp3) is 0.936. The zero-order chi connectivity index (χ0) is 47.6. The Morgan fingerprint density at radius 1 is 0.692 bits per heavy atom. The van der Waals surface area contributed by atoms with Crippen molar-refractivity contribution in [3.05, 3.63) is 11.6 Å². The van der Waals surface area contributed by atoms with Crippen LogP contribution < -0.4 is 0 Å². The molecule has 0 bridgehead atoms. The lowest BCUT2D eigenvalue weighted by Gasteiger charge is -2.69. The lowest BCUT2D eigenvalue weighted by atomic mass is 9.35. The van der Waals surface area contributed by atoms with Crippen molar-refractivity contribution in [1.82, 2.24) is 0 Å². The van der Waals surface area contributed by atoms with E-state index < -0.39 is 122 Å². The van der Waals surface area contributed by atoms with Gasteiger partial charge in [-0.3, -0.25) is 0 Å². The number of hydrogen-bond donors (Lipinski definition) is 11. The molecule has 4 aliphatic carbocycles.